The molecule has 0 spiro atoms. The molecule has 2 atom stereocenters. The quantitative estimate of drug-likeness (QED) is 0.519. The minimum Gasteiger partial charge on any atom is -0.479 e. The minimum absolute atomic E-state index is 0.0711. The number of benzene rings is 2. The molecule has 0 aliphatic carbocycles. The number of rotatable bonds is 7. The molecule has 2 rings (SSSR count). The molecule has 7 nitrogen and oxygen atoms in total. The summed E-state index contributed by atoms with van der Waals surface area (Å²) in [5.41, 5.74) is 1.48. The molecule has 0 radical (unpaired) electrons. The molecule has 0 aliphatic heterocycles. The Bertz CT molecular complexity index is 886. The van der Waals surface area contributed by atoms with Crippen LogP contribution in [-0.2, 0) is 20.8 Å². The largest absolute Gasteiger partial charge is 0.479 e. The Labute approximate surface area is 164 Å². The molecule has 28 heavy (non-hydrogen) atoms. The Morgan fingerprint density at radius 1 is 1.07 bits per heavy atom. The van der Waals surface area contributed by atoms with E-state index in [4.69, 9.17) is 21.8 Å². The van der Waals surface area contributed by atoms with Gasteiger partial charge in [0.15, 0.2) is 6.10 Å². The van der Waals surface area contributed by atoms with Crippen LogP contribution in [0.2, 0.25) is 5.02 Å². The highest BCUT2D eigenvalue weighted by Gasteiger charge is 2.24. The Morgan fingerprint density at radius 3 is 2.29 bits per heavy atom. The Morgan fingerprint density at radius 2 is 1.71 bits per heavy atom. The summed E-state index contributed by atoms with van der Waals surface area (Å²) in [6.07, 6.45) is -2.07. The first-order valence-corrected chi connectivity index (χ1v) is 8.54. The third kappa shape index (κ3) is 5.77. The number of hydrogen-bond donors (Lipinski definition) is 4. The van der Waals surface area contributed by atoms with Gasteiger partial charge in [-0.25, -0.2) is 14.0 Å². The van der Waals surface area contributed by atoms with E-state index in [1.165, 1.54) is 18.2 Å². The second kappa shape index (κ2) is 9.29. The average Bonchev–Trinajstić information content (AvgIpc) is 2.64. The lowest BCUT2D eigenvalue weighted by atomic mass is 9.97. The molecule has 148 valence electrons. The van der Waals surface area contributed by atoms with Crippen molar-refractivity contribution in [3.8, 4) is 11.1 Å². The molecular weight excluding hydrogens is 393 g/mol. The fraction of sp³-hybridized carbons (Fsp3) is 0.211. The van der Waals surface area contributed by atoms with Crippen molar-refractivity contribution in [3.63, 3.8) is 0 Å². The van der Waals surface area contributed by atoms with Gasteiger partial charge in [0.1, 0.15) is 5.82 Å². The minimum atomic E-state index is -1.76. The zero-order valence-electron chi connectivity index (χ0n) is 14.4. The predicted octanol–water partition coefficient (Wildman–Crippen LogP) is 2.09. The number of carbonyl (C=O) groups excluding carboxylic acids is 1. The summed E-state index contributed by atoms with van der Waals surface area (Å²) >= 11 is 5.89. The monoisotopic (exact) mass is 409 g/mol. The van der Waals surface area contributed by atoms with Gasteiger partial charge in [-0.15, -0.1) is 0 Å². The van der Waals surface area contributed by atoms with Crippen LogP contribution in [0.3, 0.4) is 0 Å². The summed E-state index contributed by atoms with van der Waals surface area (Å²) in [6, 6.07) is 9.72. The maximum atomic E-state index is 14.0. The molecule has 9 heteroatoms. The SMILES string of the molecule is O=C(O)C(=O)NC(Cc1ccc(-c2cc(Cl)ccc2F)cc1)CC(O)C(=O)O. The van der Waals surface area contributed by atoms with E-state index in [1.807, 2.05) is 0 Å². The highest BCUT2D eigenvalue weighted by Crippen LogP contribution is 2.26. The fourth-order valence-electron chi connectivity index (χ4n) is 2.63. The fourth-order valence-corrected chi connectivity index (χ4v) is 2.81. The summed E-state index contributed by atoms with van der Waals surface area (Å²) in [4.78, 5) is 33.0. The van der Waals surface area contributed by atoms with E-state index in [0.29, 0.717) is 21.7 Å². The predicted molar refractivity (Wildman–Crippen MR) is 98.4 cm³/mol. The lowest BCUT2D eigenvalue weighted by Gasteiger charge is -2.19. The van der Waals surface area contributed by atoms with E-state index in [-0.39, 0.29) is 12.8 Å². The van der Waals surface area contributed by atoms with Gasteiger partial charge in [0, 0.05) is 23.0 Å². The highest BCUT2D eigenvalue weighted by molar-refractivity contribution is 6.31. The van der Waals surface area contributed by atoms with Gasteiger partial charge in [0.2, 0.25) is 0 Å². The van der Waals surface area contributed by atoms with Crippen molar-refractivity contribution in [2.45, 2.75) is 25.0 Å². The van der Waals surface area contributed by atoms with Crippen LogP contribution in [0, 0.1) is 5.82 Å². The van der Waals surface area contributed by atoms with Gasteiger partial charge in [-0.1, -0.05) is 35.9 Å². The first kappa shape index (κ1) is 21.3. The van der Waals surface area contributed by atoms with Crippen molar-refractivity contribution in [3.05, 3.63) is 58.9 Å². The molecule has 2 aromatic rings. The summed E-state index contributed by atoms with van der Waals surface area (Å²) in [6.45, 7) is 0. The molecule has 0 aliphatic rings. The van der Waals surface area contributed by atoms with Crippen LogP contribution in [-0.4, -0.2) is 45.3 Å². The molecule has 0 heterocycles. The number of carbonyl (C=O) groups is 3. The van der Waals surface area contributed by atoms with Gasteiger partial charge in [-0.3, -0.25) is 4.79 Å². The van der Waals surface area contributed by atoms with E-state index in [1.54, 1.807) is 24.3 Å². The normalized spacial score (nSPS) is 12.8. The third-order valence-electron chi connectivity index (χ3n) is 4.00. The van der Waals surface area contributed by atoms with Gasteiger partial charge in [0.05, 0.1) is 0 Å². The van der Waals surface area contributed by atoms with Crippen molar-refractivity contribution in [2.24, 2.45) is 0 Å². The zero-order chi connectivity index (χ0) is 20.8. The van der Waals surface area contributed by atoms with Crippen molar-refractivity contribution < 1.29 is 34.1 Å². The van der Waals surface area contributed by atoms with Crippen molar-refractivity contribution in [1.82, 2.24) is 5.32 Å². The Hall–Kier alpha value is -2.97. The summed E-state index contributed by atoms with van der Waals surface area (Å²) in [5, 5.41) is 29.6. The number of halogens is 2. The summed E-state index contributed by atoms with van der Waals surface area (Å²) < 4.78 is 14.0. The lowest BCUT2D eigenvalue weighted by molar-refractivity contribution is -0.151. The summed E-state index contributed by atoms with van der Waals surface area (Å²) in [7, 11) is 0. The molecule has 0 saturated heterocycles. The second-order valence-corrected chi connectivity index (χ2v) is 6.53. The number of aliphatic hydroxyl groups is 1. The van der Waals surface area contributed by atoms with Crippen LogP contribution >= 0.6 is 11.6 Å². The number of aliphatic carboxylic acids is 2. The van der Waals surface area contributed by atoms with Crippen LogP contribution in [0.25, 0.3) is 11.1 Å². The smallest absolute Gasteiger partial charge is 0.394 e. The Balaban J connectivity index is 2.19. The van der Waals surface area contributed by atoms with E-state index in [9.17, 15) is 23.9 Å². The van der Waals surface area contributed by atoms with E-state index < -0.39 is 35.8 Å². The van der Waals surface area contributed by atoms with Crippen LogP contribution in [0.4, 0.5) is 4.39 Å². The first-order valence-electron chi connectivity index (χ1n) is 8.16. The topological polar surface area (TPSA) is 124 Å². The molecule has 4 N–H and O–H groups in total. The molecule has 2 unspecified atom stereocenters. The molecule has 1 amide bonds. The maximum Gasteiger partial charge on any atom is 0.394 e. The Kier molecular flexibility index (Phi) is 7.08. The molecule has 0 fully saturated rings. The van der Waals surface area contributed by atoms with E-state index in [2.05, 4.69) is 5.32 Å². The van der Waals surface area contributed by atoms with Gasteiger partial charge in [0.25, 0.3) is 0 Å². The average molecular weight is 410 g/mol. The number of carboxylic acid groups (broad SMARTS) is 2. The highest BCUT2D eigenvalue weighted by atomic mass is 35.5. The number of nitrogens with one attached hydrogen (secondary N) is 1. The first-order chi connectivity index (χ1) is 13.2. The number of carboxylic acids is 2. The number of amides is 1. The van der Waals surface area contributed by atoms with Gasteiger partial charge >= 0.3 is 17.8 Å². The van der Waals surface area contributed by atoms with Gasteiger partial charge in [-0.05, 0) is 35.7 Å². The van der Waals surface area contributed by atoms with Crippen molar-refractivity contribution in [2.75, 3.05) is 0 Å². The zero-order valence-corrected chi connectivity index (χ0v) is 15.2. The van der Waals surface area contributed by atoms with Crippen LogP contribution in [0.15, 0.2) is 42.5 Å². The molecule has 0 saturated carbocycles. The third-order valence-corrected chi connectivity index (χ3v) is 4.23. The maximum absolute atomic E-state index is 14.0. The van der Waals surface area contributed by atoms with Crippen molar-refractivity contribution in [1.29, 1.82) is 0 Å². The molecule has 0 bridgehead atoms. The van der Waals surface area contributed by atoms with E-state index in [0.717, 1.165) is 0 Å². The second-order valence-electron chi connectivity index (χ2n) is 6.09. The lowest BCUT2D eigenvalue weighted by Crippen LogP contribution is -2.43. The molecule has 2 aromatic carbocycles. The number of hydrogen-bond acceptors (Lipinski definition) is 4. The standard InChI is InChI=1S/C19H17ClFNO6/c20-12-5-6-15(21)14(8-12)11-3-1-10(2-4-11)7-13(9-16(23)18(25)26)22-17(24)19(27)28/h1-6,8,13,16,23H,7,9H2,(H,22,24)(H,25,26)(H,27,28). The molecule has 0 aromatic heterocycles. The molecular formula is C19H17ClFNO6. The summed E-state index contributed by atoms with van der Waals surface area (Å²) in [5.74, 6) is -4.96. The van der Waals surface area contributed by atoms with Gasteiger partial charge in [-0.2, -0.15) is 0 Å². The van der Waals surface area contributed by atoms with Gasteiger partial charge < -0.3 is 20.6 Å². The number of aliphatic hydroxyl groups excluding tert-OH is 1. The van der Waals surface area contributed by atoms with E-state index >= 15 is 0 Å². The van der Waals surface area contributed by atoms with Crippen LogP contribution in [0.5, 0.6) is 0 Å². The van der Waals surface area contributed by atoms with Crippen molar-refractivity contribution >= 4 is 29.4 Å². The van der Waals surface area contributed by atoms with Crippen LogP contribution in [0.1, 0.15) is 12.0 Å². The van der Waals surface area contributed by atoms with Crippen LogP contribution < -0.4 is 5.32 Å².